The zero-order chi connectivity index (χ0) is 18.1. The van der Waals surface area contributed by atoms with Crippen molar-refractivity contribution in [3.05, 3.63) is 6.92 Å². The van der Waals surface area contributed by atoms with Crippen molar-refractivity contribution in [2.75, 3.05) is 0 Å². The Balaban J connectivity index is -0.000000137. The Labute approximate surface area is 182 Å². The standard InChI is InChI=1S/C12H25.K.2H3O4P/c1-3-5-7-9-11-12-10-8-6-4-2;;2*1-5(2,3)4/h1,3-12H2,2H3;;2*(H3,1,2,3,4)/q-1;+1;;. The van der Waals surface area contributed by atoms with E-state index < -0.39 is 15.6 Å². The van der Waals surface area contributed by atoms with Crippen LogP contribution in [-0.2, 0) is 9.13 Å². The van der Waals surface area contributed by atoms with Crippen molar-refractivity contribution in [2.45, 2.75) is 71.1 Å². The first kappa shape index (κ1) is 32.5. The van der Waals surface area contributed by atoms with E-state index in [4.69, 9.17) is 38.5 Å². The molecule has 0 fully saturated rings. The molecule has 0 spiro atoms. The van der Waals surface area contributed by atoms with Crippen LogP contribution in [0.4, 0.5) is 0 Å². The summed E-state index contributed by atoms with van der Waals surface area (Å²) in [5.41, 5.74) is 0. The second-order valence-corrected chi connectivity index (χ2v) is 6.76. The predicted molar refractivity (Wildman–Crippen MR) is 85.7 cm³/mol. The molecule has 0 aromatic heterocycles. The maximum Gasteiger partial charge on any atom is 1.00 e. The molecule has 8 nitrogen and oxygen atoms in total. The van der Waals surface area contributed by atoms with E-state index in [-0.39, 0.29) is 51.4 Å². The molecular weight excluding hydrogens is 373 g/mol. The van der Waals surface area contributed by atoms with Crippen LogP contribution in [0.15, 0.2) is 0 Å². The number of hydrogen-bond acceptors (Lipinski definition) is 2. The van der Waals surface area contributed by atoms with Gasteiger partial charge in [0.2, 0.25) is 0 Å². The first-order valence-corrected chi connectivity index (χ1v) is 10.4. The van der Waals surface area contributed by atoms with Gasteiger partial charge in [-0.25, -0.2) is 9.13 Å². The monoisotopic (exact) mass is 404 g/mol. The second kappa shape index (κ2) is 21.9. The average Bonchev–Trinajstić information content (AvgIpc) is 2.28. The maximum atomic E-state index is 8.88. The molecule has 0 aliphatic carbocycles. The molecular formula is C12H31KO8P2. The molecule has 0 saturated heterocycles. The molecule has 0 heterocycles. The molecule has 0 aliphatic rings. The van der Waals surface area contributed by atoms with Gasteiger partial charge in [0, 0.05) is 0 Å². The third-order valence-corrected chi connectivity index (χ3v) is 2.35. The van der Waals surface area contributed by atoms with Crippen molar-refractivity contribution in [3.63, 3.8) is 0 Å². The van der Waals surface area contributed by atoms with Crippen molar-refractivity contribution < 1.29 is 89.9 Å². The van der Waals surface area contributed by atoms with Crippen molar-refractivity contribution in [2.24, 2.45) is 0 Å². The molecule has 0 rings (SSSR count). The molecule has 0 atom stereocenters. The SMILES string of the molecule is O=P(O)(O)O.O=P(O)(O)O.[CH2-]CCCCCCCCCCC.[K+]. The third kappa shape index (κ3) is 96.7. The Hall–Kier alpha value is 1.86. The number of rotatable bonds is 9. The van der Waals surface area contributed by atoms with E-state index in [1.807, 2.05) is 0 Å². The van der Waals surface area contributed by atoms with Gasteiger partial charge in [0.05, 0.1) is 0 Å². The molecule has 0 unspecified atom stereocenters. The molecule has 0 aliphatic heterocycles. The summed E-state index contributed by atoms with van der Waals surface area (Å²) in [5, 5.41) is 0. The molecule has 0 amide bonds. The van der Waals surface area contributed by atoms with Crippen LogP contribution in [0.2, 0.25) is 0 Å². The summed E-state index contributed by atoms with van der Waals surface area (Å²) in [6.07, 6.45) is 13.9. The summed E-state index contributed by atoms with van der Waals surface area (Å²) in [6, 6.07) is 0. The van der Waals surface area contributed by atoms with Gasteiger partial charge in [-0.1, -0.05) is 64.7 Å². The van der Waals surface area contributed by atoms with Crippen LogP contribution in [0.5, 0.6) is 0 Å². The fourth-order valence-electron chi connectivity index (χ4n) is 1.49. The Morgan fingerprint density at radius 3 is 1.09 bits per heavy atom. The van der Waals surface area contributed by atoms with E-state index in [1.165, 1.54) is 57.8 Å². The second-order valence-electron chi connectivity index (χ2n) is 4.71. The van der Waals surface area contributed by atoms with E-state index in [2.05, 4.69) is 13.8 Å². The molecule has 0 saturated carbocycles. The minimum absolute atomic E-state index is 0. The van der Waals surface area contributed by atoms with Gasteiger partial charge in [-0.05, 0) is 0 Å². The zero-order valence-electron chi connectivity index (χ0n) is 14.2. The van der Waals surface area contributed by atoms with Gasteiger partial charge in [-0.15, -0.1) is 0 Å². The van der Waals surface area contributed by atoms with Gasteiger partial charge in [0.15, 0.2) is 0 Å². The van der Waals surface area contributed by atoms with Crippen molar-refractivity contribution in [3.8, 4) is 0 Å². The molecule has 0 aromatic carbocycles. The van der Waals surface area contributed by atoms with Crippen LogP contribution < -0.4 is 51.4 Å². The molecule has 138 valence electrons. The zero-order valence-corrected chi connectivity index (χ0v) is 19.1. The van der Waals surface area contributed by atoms with Gasteiger partial charge < -0.3 is 36.3 Å². The predicted octanol–water partition coefficient (Wildman–Crippen LogP) is -0.112. The van der Waals surface area contributed by atoms with Crippen LogP contribution in [0.25, 0.3) is 0 Å². The van der Waals surface area contributed by atoms with Gasteiger partial charge in [-0.2, -0.15) is 6.42 Å². The van der Waals surface area contributed by atoms with Crippen molar-refractivity contribution in [1.29, 1.82) is 0 Å². The van der Waals surface area contributed by atoms with Crippen LogP contribution in [0.1, 0.15) is 71.1 Å². The van der Waals surface area contributed by atoms with Crippen LogP contribution >= 0.6 is 15.6 Å². The quantitative estimate of drug-likeness (QED) is 0.135. The van der Waals surface area contributed by atoms with Gasteiger partial charge in [0.25, 0.3) is 0 Å². The summed E-state index contributed by atoms with van der Waals surface area (Å²) in [7, 11) is -9.28. The number of unbranched alkanes of at least 4 members (excludes halogenated alkanes) is 9. The Morgan fingerprint density at radius 1 is 0.652 bits per heavy atom. The Bertz CT molecular complexity index is 259. The first-order chi connectivity index (χ1) is 9.91. The normalized spacial score (nSPS) is 10.6. The summed E-state index contributed by atoms with van der Waals surface area (Å²) in [4.78, 5) is 43.1. The van der Waals surface area contributed by atoms with E-state index in [0.29, 0.717) is 0 Å². The molecule has 0 aromatic rings. The smallest absolute Gasteiger partial charge is 0.343 e. The van der Waals surface area contributed by atoms with E-state index in [1.54, 1.807) is 0 Å². The van der Waals surface area contributed by atoms with Crippen LogP contribution in [0.3, 0.4) is 0 Å². The van der Waals surface area contributed by atoms with E-state index in [0.717, 1.165) is 6.42 Å². The summed E-state index contributed by atoms with van der Waals surface area (Å²) in [5.74, 6) is 0. The third-order valence-electron chi connectivity index (χ3n) is 2.35. The van der Waals surface area contributed by atoms with Gasteiger partial charge >= 0.3 is 67.0 Å². The number of hydrogen-bond donors (Lipinski definition) is 6. The Kier molecular flexibility index (Phi) is 31.0. The minimum Gasteiger partial charge on any atom is -0.343 e. The van der Waals surface area contributed by atoms with Crippen LogP contribution in [-0.4, -0.2) is 29.4 Å². The fourth-order valence-corrected chi connectivity index (χ4v) is 1.49. The molecule has 0 bridgehead atoms. The maximum absolute atomic E-state index is 8.88. The van der Waals surface area contributed by atoms with Crippen LogP contribution in [0, 0.1) is 6.92 Å². The minimum atomic E-state index is -4.64. The largest absolute Gasteiger partial charge is 1.00 e. The Morgan fingerprint density at radius 2 is 0.870 bits per heavy atom. The molecule has 23 heavy (non-hydrogen) atoms. The summed E-state index contributed by atoms with van der Waals surface area (Å²) in [6.45, 7) is 6.12. The molecule has 11 heteroatoms. The van der Waals surface area contributed by atoms with Crippen molar-refractivity contribution in [1.82, 2.24) is 0 Å². The first-order valence-electron chi connectivity index (χ1n) is 7.27. The van der Waals surface area contributed by atoms with Gasteiger partial charge in [0.1, 0.15) is 0 Å². The average molecular weight is 404 g/mol. The topological polar surface area (TPSA) is 156 Å². The fraction of sp³-hybridized carbons (Fsp3) is 0.917. The van der Waals surface area contributed by atoms with Crippen molar-refractivity contribution >= 4 is 15.6 Å². The number of phosphoric acid groups is 2. The summed E-state index contributed by atoms with van der Waals surface area (Å²) >= 11 is 0. The molecule has 6 N–H and O–H groups in total. The van der Waals surface area contributed by atoms with Gasteiger partial charge in [-0.3, -0.25) is 0 Å². The molecule has 0 radical (unpaired) electrons. The summed E-state index contributed by atoms with van der Waals surface area (Å²) < 4.78 is 17.8. The van der Waals surface area contributed by atoms with E-state index in [9.17, 15) is 0 Å². The van der Waals surface area contributed by atoms with E-state index >= 15 is 0 Å².